The number of fused-ring (bicyclic) bond motifs is 1. The smallest absolute Gasteiger partial charge is 0.224 e. The second-order valence-corrected chi connectivity index (χ2v) is 6.67. The summed E-state index contributed by atoms with van der Waals surface area (Å²) in [5.74, 6) is 0.0545. The zero-order valence-electron chi connectivity index (χ0n) is 12.5. The molecular weight excluding hydrogens is 294 g/mol. The molecule has 5 heteroatoms. The Morgan fingerprint density at radius 2 is 2.27 bits per heavy atom. The minimum atomic E-state index is 0.0545. The van der Waals surface area contributed by atoms with Gasteiger partial charge in [-0.3, -0.25) is 9.69 Å². The summed E-state index contributed by atoms with van der Waals surface area (Å²) in [6.45, 7) is 3.10. The third kappa shape index (κ3) is 3.87. The van der Waals surface area contributed by atoms with Gasteiger partial charge < -0.3 is 11.1 Å². The molecule has 1 aromatic carbocycles. The lowest BCUT2D eigenvalue weighted by molar-refractivity contribution is -0.116. The maximum atomic E-state index is 12.0. The lowest BCUT2D eigenvalue weighted by Crippen LogP contribution is -2.31. The number of thiophene rings is 1. The van der Waals surface area contributed by atoms with Crippen LogP contribution in [0.15, 0.2) is 35.7 Å². The fourth-order valence-corrected chi connectivity index (χ4v) is 3.69. The Bertz CT molecular complexity index is 653. The van der Waals surface area contributed by atoms with E-state index in [4.69, 9.17) is 5.73 Å². The SMILES string of the molecule is Nc1cccc(NC(=O)CCCN2CCc3sccc3C2)c1. The van der Waals surface area contributed by atoms with E-state index in [9.17, 15) is 4.79 Å². The maximum Gasteiger partial charge on any atom is 0.224 e. The molecule has 0 fully saturated rings. The third-order valence-corrected chi connectivity index (χ3v) is 4.96. The lowest BCUT2D eigenvalue weighted by atomic mass is 10.1. The molecule has 0 saturated heterocycles. The van der Waals surface area contributed by atoms with Gasteiger partial charge in [0.15, 0.2) is 0 Å². The van der Waals surface area contributed by atoms with Crippen LogP contribution < -0.4 is 11.1 Å². The maximum absolute atomic E-state index is 12.0. The Labute approximate surface area is 134 Å². The van der Waals surface area contributed by atoms with Gasteiger partial charge in [-0.1, -0.05) is 6.07 Å². The molecule has 2 heterocycles. The Morgan fingerprint density at radius 3 is 3.14 bits per heavy atom. The van der Waals surface area contributed by atoms with Crippen molar-refractivity contribution in [3.63, 3.8) is 0 Å². The minimum Gasteiger partial charge on any atom is -0.399 e. The van der Waals surface area contributed by atoms with Crippen LogP contribution in [0.25, 0.3) is 0 Å². The van der Waals surface area contributed by atoms with Gasteiger partial charge in [-0.25, -0.2) is 0 Å². The molecule has 0 radical (unpaired) electrons. The van der Waals surface area contributed by atoms with Gasteiger partial charge >= 0.3 is 0 Å². The zero-order valence-corrected chi connectivity index (χ0v) is 13.4. The molecule has 1 aliphatic rings. The van der Waals surface area contributed by atoms with E-state index in [2.05, 4.69) is 21.7 Å². The summed E-state index contributed by atoms with van der Waals surface area (Å²) < 4.78 is 0. The van der Waals surface area contributed by atoms with Crippen LogP contribution in [0, 0.1) is 0 Å². The van der Waals surface area contributed by atoms with E-state index in [1.165, 1.54) is 10.4 Å². The van der Waals surface area contributed by atoms with Crippen LogP contribution in [0.3, 0.4) is 0 Å². The quantitative estimate of drug-likeness (QED) is 0.834. The molecule has 116 valence electrons. The molecule has 3 N–H and O–H groups in total. The molecule has 0 atom stereocenters. The molecule has 1 aliphatic heterocycles. The number of nitrogens with one attached hydrogen (secondary N) is 1. The van der Waals surface area contributed by atoms with Gasteiger partial charge in [0.05, 0.1) is 0 Å². The summed E-state index contributed by atoms with van der Waals surface area (Å²) in [7, 11) is 0. The van der Waals surface area contributed by atoms with Crippen molar-refractivity contribution < 1.29 is 4.79 Å². The molecule has 0 spiro atoms. The molecule has 22 heavy (non-hydrogen) atoms. The molecule has 1 aromatic heterocycles. The highest BCUT2D eigenvalue weighted by Gasteiger charge is 2.16. The van der Waals surface area contributed by atoms with Crippen molar-refractivity contribution in [3.05, 3.63) is 46.2 Å². The Hall–Kier alpha value is -1.85. The average Bonchev–Trinajstić information content (AvgIpc) is 2.95. The Balaban J connectivity index is 1.41. The van der Waals surface area contributed by atoms with Crippen molar-refractivity contribution >= 4 is 28.6 Å². The zero-order chi connectivity index (χ0) is 15.4. The average molecular weight is 315 g/mol. The predicted octanol–water partition coefficient (Wildman–Crippen LogP) is 3.11. The third-order valence-electron chi connectivity index (χ3n) is 3.94. The van der Waals surface area contributed by atoms with Crippen LogP contribution in [-0.2, 0) is 17.8 Å². The highest BCUT2D eigenvalue weighted by atomic mass is 32.1. The van der Waals surface area contributed by atoms with E-state index in [1.807, 2.05) is 29.5 Å². The van der Waals surface area contributed by atoms with Gasteiger partial charge in [0.2, 0.25) is 5.91 Å². The van der Waals surface area contributed by atoms with Crippen LogP contribution >= 0.6 is 11.3 Å². The lowest BCUT2D eigenvalue weighted by Gasteiger charge is -2.26. The number of benzene rings is 1. The number of carbonyl (C=O) groups is 1. The summed E-state index contributed by atoms with van der Waals surface area (Å²) in [6.07, 6.45) is 2.57. The van der Waals surface area contributed by atoms with Crippen molar-refractivity contribution in [2.75, 3.05) is 24.1 Å². The molecule has 3 rings (SSSR count). The highest BCUT2D eigenvalue weighted by molar-refractivity contribution is 7.10. The van der Waals surface area contributed by atoms with Crippen molar-refractivity contribution in [1.29, 1.82) is 0 Å². The van der Waals surface area contributed by atoms with E-state index in [0.717, 1.165) is 38.2 Å². The number of anilines is 2. The van der Waals surface area contributed by atoms with Gasteiger partial charge in [-0.05, 0) is 54.6 Å². The summed E-state index contributed by atoms with van der Waals surface area (Å²) in [5, 5.41) is 5.07. The first-order valence-electron chi connectivity index (χ1n) is 7.64. The van der Waals surface area contributed by atoms with Crippen molar-refractivity contribution in [3.8, 4) is 0 Å². The number of amides is 1. The first-order chi connectivity index (χ1) is 10.7. The second-order valence-electron chi connectivity index (χ2n) is 5.67. The molecule has 4 nitrogen and oxygen atoms in total. The number of nitrogen functional groups attached to an aromatic ring is 1. The fraction of sp³-hybridized carbons (Fsp3) is 0.353. The normalized spacial score (nSPS) is 14.5. The summed E-state index contributed by atoms with van der Waals surface area (Å²) in [5.41, 5.74) is 8.60. The molecule has 0 aliphatic carbocycles. The van der Waals surface area contributed by atoms with E-state index < -0.39 is 0 Å². The predicted molar refractivity (Wildman–Crippen MR) is 92.0 cm³/mol. The molecule has 0 saturated carbocycles. The molecule has 0 unspecified atom stereocenters. The topological polar surface area (TPSA) is 58.4 Å². The number of rotatable bonds is 5. The minimum absolute atomic E-state index is 0.0545. The van der Waals surface area contributed by atoms with E-state index in [0.29, 0.717) is 12.1 Å². The van der Waals surface area contributed by atoms with E-state index in [1.54, 1.807) is 6.07 Å². The van der Waals surface area contributed by atoms with Gasteiger partial charge in [0.1, 0.15) is 0 Å². The molecule has 1 amide bonds. The number of hydrogen-bond acceptors (Lipinski definition) is 4. The highest BCUT2D eigenvalue weighted by Crippen LogP contribution is 2.24. The standard InChI is InChI=1S/C17H21N3OS/c18-14-3-1-4-15(11-14)19-17(21)5-2-8-20-9-6-16-13(12-20)7-10-22-16/h1,3-4,7,10-11H,2,5-6,8-9,12,18H2,(H,19,21). The Morgan fingerprint density at radius 1 is 1.36 bits per heavy atom. The van der Waals surface area contributed by atoms with Crippen LogP contribution in [0.5, 0.6) is 0 Å². The second kappa shape index (κ2) is 6.94. The number of nitrogens with two attached hydrogens (primary N) is 1. The van der Waals surface area contributed by atoms with Crippen LogP contribution in [-0.4, -0.2) is 23.9 Å². The van der Waals surface area contributed by atoms with Crippen LogP contribution in [0.2, 0.25) is 0 Å². The van der Waals surface area contributed by atoms with Crippen molar-refractivity contribution in [2.45, 2.75) is 25.8 Å². The first kappa shape index (κ1) is 15.1. The van der Waals surface area contributed by atoms with Gasteiger partial charge in [0, 0.05) is 35.8 Å². The van der Waals surface area contributed by atoms with E-state index in [-0.39, 0.29) is 5.91 Å². The van der Waals surface area contributed by atoms with E-state index >= 15 is 0 Å². The van der Waals surface area contributed by atoms with Crippen LogP contribution in [0.4, 0.5) is 11.4 Å². The number of carbonyl (C=O) groups excluding carboxylic acids is 1. The van der Waals surface area contributed by atoms with Gasteiger partial charge in [-0.2, -0.15) is 0 Å². The summed E-state index contributed by atoms with van der Waals surface area (Å²) in [4.78, 5) is 15.9. The van der Waals surface area contributed by atoms with Gasteiger partial charge in [0.25, 0.3) is 0 Å². The largest absolute Gasteiger partial charge is 0.399 e. The number of hydrogen-bond donors (Lipinski definition) is 2. The van der Waals surface area contributed by atoms with Crippen LogP contribution in [0.1, 0.15) is 23.3 Å². The monoisotopic (exact) mass is 315 g/mol. The molecule has 0 bridgehead atoms. The van der Waals surface area contributed by atoms with Crippen molar-refractivity contribution in [2.24, 2.45) is 0 Å². The first-order valence-corrected chi connectivity index (χ1v) is 8.51. The Kier molecular flexibility index (Phi) is 4.75. The molecular formula is C17H21N3OS. The van der Waals surface area contributed by atoms with Gasteiger partial charge in [-0.15, -0.1) is 11.3 Å². The summed E-state index contributed by atoms with van der Waals surface area (Å²) >= 11 is 1.86. The van der Waals surface area contributed by atoms with Crippen molar-refractivity contribution in [1.82, 2.24) is 4.90 Å². The summed E-state index contributed by atoms with van der Waals surface area (Å²) in [6, 6.07) is 9.51. The fourth-order valence-electron chi connectivity index (χ4n) is 2.80. The molecule has 2 aromatic rings. The number of nitrogens with zero attached hydrogens (tertiary/aromatic N) is 1.